The predicted molar refractivity (Wildman–Crippen MR) is 135 cm³/mol. The van der Waals surface area contributed by atoms with Crippen LogP contribution >= 0.6 is 15.9 Å². The van der Waals surface area contributed by atoms with Gasteiger partial charge in [0.25, 0.3) is 5.91 Å². The number of carbonyl (C=O) groups excluding carboxylic acids is 1. The molecule has 0 bridgehead atoms. The zero-order valence-corrected chi connectivity index (χ0v) is 19.5. The summed E-state index contributed by atoms with van der Waals surface area (Å²) in [4.78, 5) is 15.2. The number of rotatable bonds is 5. The van der Waals surface area contributed by atoms with Crippen LogP contribution in [0.15, 0.2) is 112 Å². The van der Waals surface area contributed by atoms with Crippen LogP contribution in [0.2, 0.25) is 0 Å². The second-order valence-corrected chi connectivity index (χ2v) is 8.46. The monoisotopic (exact) mass is 497 g/mol. The Labute approximate surface area is 200 Å². The molecule has 1 aromatic heterocycles. The first kappa shape index (κ1) is 21.0. The summed E-state index contributed by atoms with van der Waals surface area (Å²) in [6.45, 7) is 0. The zero-order valence-electron chi connectivity index (χ0n) is 17.9. The lowest BCUT2D eigenvalue weighted by molar-refractivity contribution is -0.113. The molecule has 0 atom stereocenters. The van der Waals surface area contributed by atoms with Gasteiger partial charge >= 0.3 is 0 Å². The van der Waals surface area contributed by atoms with Gasteiger partial charge in [0.15, 0.2) is 0 Å². The van der Waals surface area contributed by atoms with E-state index in [1.165, 1.54) is 0 Å². The molecule has 162 valence electrons. The van der Waals surface area contributed by atoms with Crippen molar-refractivity contribution in [2.75, 3.05) is 12.0 Å². The third kappa shape index (κ3) is 4.28. The van der Waals surface area contributed by atoms with Crippen LogP contribution in [0.25, 0.3) is 23.1 Å². The van der Waals surface area contributed by atoms with Gasteiger partial charge in [-0.2, -0.15) is 0 Å². The van der Waals surface area contributed by atoms with Crippen LogP contribution in [-0.4, -0.2) is 13.0 Å². The van der Waals surface area contributed by atoms with Gasteiger partial charge in [-0.1, -0.05) is 58.4 Å². The number of methoxy groups -OCH3 is 1. The summed E-state index contributed by atoms with van der Waals surface area (Å²) in [5, 5.41) is 0. The van der Waals surface area contributed by atoms with E-state index in [9.17, 15) is 4.79 Å². The first-order valence-electron chi connectivity index (χ1n) is 10.5. The summed E-state index contributed by atoms with van der Waals surface area (Å²) in [6, 6.07) is 29.1. The summed E-state index contributed by atoms with van der Waals surface area (Å²) >= 11 is 3.45. The van der Waals surface area contributed by atoms with Crippen LogP contribution in [-0.2, 0) is 4.79 Å². The van der Waals surface area contributed by atoms with Gasteiger partial charge in [0.2, 0.25) is 0 Å². The molecular formula is C28H20BrNO3. The van der Waals surface area contributed by atoms with E-state index in [2.05, 4.69) is 15.9 Å². The van der Waals surface area contributed by atoms with Crippen LogP contribution in [0, 0.1) is 0 Å². The highest BCUT2D eigenvalue weighted by atomic mass is 79.9. The molecule has 0 unspecified atom stereocenters. The number of furan rings is 1. The molecule has 4 aromatic rings. The normalized spacial score (nSPS) is 14.6. The van der Waals surface area contributed by atoms with Crippen molar-refractivity contribution in [3.05, 3.63) is 118 Å². The van der Waals surface area contributed by atoms with Gasteiger partial charge in [0.05, 0.1) is 12.8 Å². The molecule has 0 fully saturated rings. The number of hydrogen-bond donors (Lipinski definition) is 0. The number of halogens is 1. The van der Waals surface area contributed by atoms with Crippen molar-refractivity contribution in [3.8, 4) is 17.1 Å². The van der Waals surface area contributed by atoms with Crippen LogP contribution in [0.3, 0.4) is 0 Å². The standard InChI is InChI=1S/C28H20BrNO3/c1-32-24-13-11-23(12-14-24)30-26(19-5-3-2-4-6-19)18-21(28(30)31)17-25-15-16-27(33-25)20-7-9-22(29)10-8-20/h2-18H,1H3/b21-17+. The van der Waals surface area contributed by atoms with Gasteiger partial charge in [-0.05, 0) is 66.2 Å². The van der Waals surface area contributed by atoms with Crippen LogP contribution in [0.4, 0.5) is 5.69 Å². The van der Waals surface area contributed by atoms with Crippen LogP contribution < -0.4 is 9.64 Å². The fourth-order valence-corrected chi connectivity index (χ4v) is 4.04. The summed E-state index contributed by atoms with van der Waals surface area (Å²) in [6.07, 6.45) is 3.70. The lowest BCUT2D eigenvalue weighted by Gasteiger charge is -2.21. The minimum Gasteiger partial charge on any atom is -0.497 e. The number of benzene rings is 3. The van der Waals surface area contributed by atoms with Gasteiger partial charge in [0.1, 0.15) is 17.3 Å². The molecule has 33 heavy (non-hydrogen) atoms. The lowest BCUT2D eigenvalue weighted by atomic mass is 10.1. The van der Waals surface area contributed by atoms with E-state index in [0.29, 0.717) is 11.3 Å². The third-order valence-corrected chi connectivity index (χ3v) is 5.97. The molecule has 0 N–H and O–H groups in total. The molecule has 5 heteroatoms. The molecule has 0 spiro atoms. The van der Waals surface area contributed by atoms with Gasteiger partial charge in [-0.25, -0.2) is 0 Å². The highest BCUT2D eigenvalue weighted by molar-refractivity contribution is 9.10. The number of nitrogens with zero attached hydrogens (tertiary/aromatic N) is 1. The predicted octanol–water partition coefficient (Wildman–Crippen LogP) is 7.19. The van der Waals surface area contributed by atoms with E-state index < -0.39 is 0 Å². The van der Waals surface area contributed by atoms with Crippen molar-refractivity contribution in [1.82, 2.24) is 0 Å². The average Bonchev–Trinajstić information content (AvgIpc) is 3.45. The molecule has 1 aliphatic heterocycles. The van der Waals surface area contributed by atoms with E-state index in [1.54, 1.807) is 18.1 Å². The highest BCUT2D eigenvalue weighted by Gasteiger charge is 2.30. The Morgan fingerprint density at radius 2 is 1.58 bits per heavy atom. The highest BCUT2D eigenvalue weighted by Crippen LogP contribution is 2.36. The second kappa shape index (κ2) is 8.96. The number of ether oxygens (including phenoxy) is 1. The number of carbonyl (C=O) groups is 1. The van der Waals surface area contributed by atoms with E-state index in [-0.39, 0.29) is 5.91 Å². The molecule has 1 amide bonds. The molecule has 0 saturated heterocycles. The topological polar surface area (TPSA) is 42.7 Å². The van der Waals surface area contributed by atoms with Crippen molar-refractivity contribution < 1.29 is 13.9 Å². The summed E-state index contributed by atoms with van der Waals surface area (Å²) < 4.78 is 12.3. The number of anilines is 1. The molecule has 5 rings (SSSR count). The van der Waals surface area contributed by atoms with Crippen molar-refractivity contribution in [2.24, 2.45) is 0 Å². The SMILES string of the molecule is COc1ccc(N2C(=O)/C(=C/c3ccc(-c4ccc(Br)cc4)o3)C=C2c2ccccc2)cc1. The Balaban J connectivity index is 1.52. The molecule has 0 aliphatic carbocycles. The maximum atomic E-state index is 13.5. The van der Waals surface area contributed by atoms with Crippen molar-refractivity contribution in [2.45, 2.75) is 0 Å². The number of hydrogen-bond acceptors (Lipinski definition) is 3. The Morgan fingerprint density at radius 3 is 2.27 bits per heavy atom. The summed E-state index contributed by atoms with van der Waals surface area (Å²) in [5.74, 6) is 2.00. The Kier molecular flexibility index (Phi) is 5.71. The van der Waals surface area contributed by atoms with Gasteiger partial charge < -0.3 is 9.15 Å². The van der Waals surface area contributed by atoms with E-state index in [4.69, 9.17) is 9.15 Å². The minimum absolute atomic E-state index is 0.111. The average molecular weight is 498 g/mol. The fourth-order valence-electron chi connectivity index (χ4n) is 3.78. The van der Waals surface area contributed by atoms with E-state index in [0.717, 1.165) is 38.5 Å². The maximum absolute atomic E-state index is 13.5. The minimum atomic E-state index is -0.111. The number of amides is 1. The van der Waals surface area contributed by atoms with Crippen LogP contribution in [0.5, 0.6) is 5.75 Å². The van der Waals surface area contributed by atoms with Crippen molar-refractivity contribution >= 4 is 39.3 Å². The molecular weight excluding hydrogens is 478 g/mol. The third-order valence-electron chi connectivity index (χ3n) is 5.44. The molecule has 4 nitrogen and oxygen atoms in total. The maximum Gasteiger partial charge on any atom is 0.263 e. The van der Waals surface area contributed by atoms with Gasteiger partial charge in [0, 0.05) is 21.3 Å². The largest absolute Gasteiger partial charge is 0.497 e. The second-order valence-electron chi connectivity index (χ2n) is 7.54. The van der Waals surface area contributed by atoms with E-state index >= 15 is 0 Å². The molecule has 0 radical (unpaired) electrons. The van der Waals surface area contributed by atoms with Crippen molar-refractivity contribution in [1.29, 1.82) is 0 Å². The lowest BCUT2D eigenvalue weighted by Crippen LogP contribution is -2.24. The van der Waals surface area contributed by atoms with Crippen LogP contribution in [0.1, 0.15) is 11.3 Å². The van der Waals surface area contributed by atoms with Crippen molar-refractivity contribution in [3.63, 3.8) is 0 Å². The quantitative estimate of drug-likeness (QED) is 0.274. The molecule has 2 heterocycles. The zero-order chi connectivity index (χ0) is 22.8. The molecule has 1 aliphatic rings. The van der Waals surface area contributed by atoms with Gasteiger partial charge in [-0.3, -0.25) is 9.69 Å². The Hall–Kier alpha value is -3.83. The Bertz CT molecular complexity index is 1350. The fraction of sp³-hybridized carbons (Fsp3) is 0.0357. The van der Waals surface area contributed by atoms with Gasteiger partial charge in [-0.15, -0.1) is 0 Å². The molecule has 0 saturated carbocycles. The first-order valence-corrected chi connectivity index (χ1v) is 11.2. The Morgan fingerprint density at radius 1 is 0.848 bits per heavy atom. The smallest absolute Gasteiger partial charge is 0.263 e. The summed E-state index contributed by atoms with van der Waals surface area (Å²) in [7, 11) is 1.62. The van der Waals surface area contributed by atoms with E-state index in [1.807, 2.05) is 97.1 Å². The summed E-state index contributed by atoms with van der Waals surface area (Å²) in [5.41, 5.74) is 4.08. The first-order chi connectivity index (χ1) is 16.1. The molecule has 3 aromatic carbocycles.